The Morgan fingerprint density at radius 2 is 1.70 bits per heavy atom. The fraction of sp³-hybridized carbons (Fsp3) is 0.385. The number of nitrogens with one attached hydrogen (secondary N) is 2. The van der Waals surface area contributed by atoms with Gasteiger partial charge in [0.15, 0.2) is 12.4 Å². The number of carbonyl (C=O) groups is 6. The number of aromatic nitrogens is 4. The van der Waals surface area contributed by atoms with Gasteiger partial charge in [-0.2, -0.15) is 4.98 Å². The van der Waals surface area contributed by atoms with Crippen LogP contribution in [0, 0.1) is 6.92 Å². The molecule has 4 aliphatic rings. The number of hydrogen-bond acceptors (Lipinski definition) is 13. The van der Waals surface area contributed by atoms with Gasteiger partial charge in [0, 0.05) is 50.2 Å². The molecule has 1 unspecified atom stereocenters. The lowest BCUT2D eigenvalue weighted by atomic mass is 10.0. The van der Waals surface area contributed by atoms with Gasteiger partial charge in [-0.15, -0.1) is 0 Å². The molecule has 1 aromatic carbocycles. The molecule has 3 aromatic heterocycles. The van der Waals surface area contributed by atoms with Crippen molar-refractivity contribution in [3.63, 3.8) is 0 Å². The van der Waals surface area contributed by atoms with Crippen molar-refractivity contribution in [2.24, 2.45) is 0 Å². The maximum Gasteiger partial charge on any atom is 0.266 e. The first-order valence-electron chi connectivity index (χ1n) is 18.7. The fourth-order valence-electron chi connectivity index (χ4n) is 8.12. The number of pyridine rings is 2. The molecule has 3 fully saturated rings. The SMILES string of the molecule is CC(=O)c1c(C)c2cnc(Nc3ccc(N4CCN(C(=O)COc5cccc6c5C(=O)N(C5CCC(=O)NC5=O)C6=O)CC4)cn3)nc2n(C2CCCC2)c1=O. The number of amides is 5. The number of piperazine rings is 1. The van der Waals surface area contributed by atoms with Crippen molar-refractivity contribution in [3.8, 4) is 5.75 Å². The van der Waals surface area contributed by atoms with Crippen LogP contribution >= 0.6 is 0 Å². The Balaban J connectivity index is 0.886. The van der Waals surface area contributed by atoms with E-state index in [0.717, 1.165) is 36.3 Å². The van der Waals surface area contributed by atoms with Gasteiger partial charge in [-0.1, -0.05) is 18.9 Å². The fourth-order valence-corrected chi connectivity index (χ4v) is 8.12. The number of nitrogens with zero attached hydrogens (tertiary/aromatic N) is 7. The smallest absolute Gasteiger partial charge is 0.266 e. The van der Waals surface area contributed by atoms with Gasteiger partial charge in [0.05, 0.1) is 28.6 Å². The highest BCUT2D eigenvalue weighted by atomic mass is 16.5. The molecule has 17 heteroatoms. The molecular formula is C39H39N9O8. The minimum Gasteiger partial charge on any atom is -0.483 e. The number of benzene rings is 1. The number of piperidine rings is 1. The molecule has 56 heavy (non-hydrogen) atoms. The van der Waals surface area contributed by atoms with Crippen LogP contribution in [-0.2, 0) is 14.4 Å². The highest BCUT2D eigenvalue weighted by Crippen LogP contribution is 2.34. The zero-order valence-corrected chi connectivity index (χ0v) is 30.9. The minimum atomic E-state index is -1.11. The minimum absolute atomic E-state index is 0.00719. The molecule has 8 rings (SSSR count). The maximum atomic E-state index is 13.5. The molecule has 1 saturated carbocycles. The van der Waals surface area contributed by atoms with Gasteiger partial charge < -0.3 is 19.9 Å². The van der Waals surface area contributed by atoms with Gasteiger partial charge in [0.2, 0.25) is 17.8 Å². The third-order valence-corrected chi connectivity index (χ3v) is 11.0. The first-order chi connectivity index (χ1) is 27.0. The van der Waals surface area contributed by atoms with E-state index in [1.54, 1.807) is 40.9 Å². The van der Waals surface area contributed by atoms with E-state index in [-0.39, 0.29) is 71.1 Å². The lowest BCUT2D eigenvalue weighted by Crippen LogP contribution is -2.54. The largest absolute Gasteiger partial charge is 0.483 e. The molecule has 17 nitrogen and oxygen atoms in total. The van der Waals surface area contributed by atoms with Crippen molar-refractivity contribution in [3.05, 3.63) is 75.3 Å². The van der Waals surface area contributed by atoms with Crippen molar-refractivity contribution in [2.45, 2.75) is 64.5 Å². The molecule has 2 saturated heterocycles. The maximum absolute atomic E-state index is 13.5. The number of rotatable bonds is 9. The standard InChI is InChI=1S/C39H39N9O8/c1-21-26-19-41-39(44-34(26)47(23-6-3-4-7-23)37(54)32(21)22(2)49)42-29-12-10-24(18-40-29)45-14-16-46(17-15-45)31(51)20-56-28-9-5-8-25-33(28)38(55)48(36(25)53)27-11-13-30(50)43-35(27)52/h5,8-10,12,18-19,23,27H,3-4,6-7,11,13-17,20H2,1-2H3,(H,43,50,52)(H,40,41,42,44). The molecule has 6 heterocycles. The number of aryl methyl sites for hydroxylation is 1. The molecule has 288 valence electrons. The summed E-state index contributed by atoms with van der Waals surface area (Å²) in [5.41, 5.74) is 1.84. The summed E-state index contributed by atoms with van der Waals surface area (Å²) in [6.07, 6.45) is 7.10. The zero-order chi connectivity index (χ0) is 39.2. The number of carbonyl (C=O) groups excluding carboxylic acids is 6. The number of Topliss-reactive ketones (excluding diaryl/α,β-unsaturated/α-hetero) is 1. The lowest BCUT2D eigenvalue weighted by molar-refractivity contribution is -0.136. The molecule has 3 aliphatic heterocycles. The van der Waals surface area contributed by atoms with Gasteiger partial charge >= 0.3 is 0 Å². The molecule has 2 N–H and O–H groups in total. The third-order valence-electron chi connectivity index (χ3n) is 11.0. The first-order valence-corrected chi connectivity index (χ1v) is 18.7. The van der Waals surface area contributed by atoms with Crippen LogP contribution in [0.3, 0.4) is 0 Å². The van der Waals surface area contributed by atoms with Crippen LogP contribution in [0.15, 0.2) is 47.5 Å². The van der Waals surface area contributed by atoms with Crippen LogP contribution in [-0.4, -0.2) is 103 Å². The van der Waals surface area contributed by atoms with Gasteiger partial charge in [-0.05, 0) is 62.9 Å². The second-order valence-corrected chi connectivity index (χ2v) is 14.4. The van der Waals surface area contributed by atoms with E-state index >= 15 is 0 Å². The van der Waals surface area contributed by atoms with Crippen molar-refractivity contribution in [1.29, 1.82) is 0 Å². The molecule has 4 aromatic rings. The number of ketones is 1. The average molecular weight is 762 g/mol. The average Bonchev–Trinajstić information content (AvgIpc) is 3.80. The summed E-state index contributed by atoms with van der Waals surface area (Å²) in [6, 6.07) is 7.07. The van der Waals surface area contributed by atoms with Crippen LogP contribution in [0.4, 0.5) is 17.5 Å². The van der Waals surface area contributed by atoms with Crippen LogP contribution in [0.5, 0.6) is 5.75 Å². The van der Waals surface area contributed by atoms with Gasteiger partial charge in [0.25, 0.3) is 23.3 Å². The molecule has 1 aliphatic carbocycles. The van der Waals surface area contributed by atoms with Crippen LogP contribution < -0.4 is 25.8 Å². The Bertz CT molecular complexity index is 2380. The highest BCUT2D eigenvalue weighted by Gasteiger charge is 2.46. The van der Waals surface area contributed by atoms with Crippen molar-refractivity contribution in [1.82, 2.24) is 34.6 Å². The molecule has 5 amide bonds. The molecule has 0 bridgehead atoms. The normalized spacial score (nSPS) is 18.8. The topological polar surface area (TPSA) is 206 Å². The highest BCUT2D eigenvalue weighted by molar-refractivity contribution is 6.24. The van der Waals surface area contributed by atoms with Crippen LogP contribution in [0.2, 0.25) is 0 Å². The van der Waals surface area contributed by atoms with Crippen molar-refractivity contribution in [2.75, 3.05) is 43.0 Å². The summed E-state index contributed by atoms with van der Waals surface area (Å²) in [6.45, 7) is 4.69. The second kappa shape index (κ2) is 14.6. The van der Waals surface area contributed by atoms with Crippen molar-refractivity contribution >= 4 is 63.8 Å². The number of ether oxygens (including phenoxy) is 1. The summed E-state index contributed by atoms with van der Waals surface area (Å²) in [5.74, 6) is -2.26. The number of fused-ring (bicyclic) bond motifs is 2. The summed E-state index contributed by atoms with van der Waals surface area (Å²) in [7, 11) is 0. The predicted octanol–water partition coefficient (Wildman–Crippen LogP) is 2.69. The third kappa shape index (κ3) is 6.51. The van der Waals surface area contributed by atoms with E-state index in [0.29, 0.717) is 48.6 Å². The Morgan fingerprint density at radius 1 is 0.929 bits per heavy atom. The first kappa shape index (κ1) is 36.5. The second-order valence-electron chi connectivity index (χ2n) is 14.4. The van der Waals surface area contributed by atoms with Gasteiger partial charge in [-0.3, -0.25) is 48.3 Å². The quantitative estimate of drug-likeness (QED) is 0.186. The van der Waals surface area contributed by atoms with Gasteiger partial charge in [-0.25, -0.2) is 9.97 Å². The van der Waals surface area contributed by atoms with Crippen LogP contribution in [0.25, 0.3) is 11.0 Å². The zero-order valence-electron chi connectivity index (χ0n) is 30.9. The van der Waals surface area contributed by atoms with E-state index in [2.05, 4.69) is 25.5 Å². The Morgan fingerprint density at radius 3 is 2.39 bits per heavy atom. The van der Waals surface area contributed by atoms with E-state index in [1.807, 2.05) is 6.07 Å². The van der Waals surface area contributed by atoms with E-state index in [1.165, 1.54) is 19.1 Å². The molecule has 1 atom stereocenters. The van der Waals surface area contributed by atoms with Crippen molar-refractivity contribution < 1.29 is 33.5 Å². The predicted molar refractivity (Wildman–Crippen MR) is 201 cm³/mol. The number of hydrogen-bond donors (Lipinski definition) is 2. The molecular weight excluding hydrogens is 722 g/mol. The monoisotopic (exact) mass is 761 g/mol. The number of imide groups is 2. The van der Waals surface area contributed by atoms with Crippen LogP contribution in [0.1, 0.15) is 88.1 Å². The summed E-state index contributed by atoms with van der Waals surface area (Å²) >= 11 is 0. The van der Waals surface area contributed by atoms with E-state index in [9.17, 15) is 33.6 Å². The Labute approximate surface area is 320 Å². The summed E-state index contributed by atoms with van der Waals surface area (Å²) < 4.78 is 7.47. The lowest BCUT2D eigenvalue weighted by Gasteiger charge is -2.36. The van der Waals surface area contributed by atoms with E-state index < -0.39 is 29.7 Å². The Kier molecular flexibility index (Phi) is 9.51. The summed E-state index contributed by atoms with van der Waals surface area (Å²) in [4.78, 5) is 108. The molecule has 0 radical (unpaired) electrons. The van der Waals surface area contributed by atoms with Gasteiger partial charge in [0.1, 0.15) is 23.3 Å². The Hall–Kier alpha value is -6.52. The number of anilines is 3. The summed E-state index contributed by atoms with van der Waals surface area (Å²) in [5, 5.41) is 5.97. The molecule has 0 spiro atoms. The van der Waals surface area contributed by atoms with E-state index in [4.69, 9.17) is 9.72 Å².